The van der Waals surface area contributed by atoms with Gasteiger partial charge < -0.3 is 14.6 Å². The number of hydrogen-bond donors (Lipinski definition) is 1. The van der Waals surface area contributed by atoms with Crippen molar-refractivity contribution in [1.29, 1.82) is 0 Å². The van der Waals surface area contributed by atoms with Crippen LogP contribution in [0, 0.1) is 18.3 Å². The van der Waals surface area contributed by atoms with Gasteiger partial charge in [-0.05, 0) is 24.6 Å². The molecule has 3 nitrogen and oxygen atoms in total. The molecule has 0 aromatic heterocycles. The Balaban J connectivity index is 2.33. The standard InChI is InChI=1S/C14H18O3/c1-4-11(2)14(15)10-17-9-12-5-7-13(16-3)8-6-12/h1,5-8,11,14-15H,9-10H2,2-3H3/t11-,14-/m0/s1. The highest BCUT2D eigenvalue weighted by Crippen LogP contribution is 2.12. The Bertz CT molecular complexity index is 364. The number of ether oxygens (including phenoxy) is 2. The summed E-state index contributed by atoms with van der Waals surface area (Å²) in [5, 5.41) is 9.59. The Labute approximate surface area is 102 Å². The van der Waals surface area contributed by atoms with E-state index in [9.17, 15) is 5.11 Å². The fourth-order valence-corrected chi connectivity index (χ4v) is 1.27. The first kappa shape index (κ1) is 13.6. The van der Waals surface area contributed by atoms with E-state index >= 15 is 0 Å². The lowest BCUT2D eigenvalue weighted by atomic mass is 10.1. The molecule has 3 heteroatoms. The van der Waals surface area contributed by atoms with Crippen molar-refractivity contribution >= 4 is 0 Å². The summed E-state index contributed by atoms with van der Waals surface area (Å²) in [5.74, 6) is 3.11. The van der Waals surface area contributed by atoms with E-state index in [0.717, 1.165) is 11.3 Å². The highest BCUT2D eigenvalue weighted by Gasteiger charge is 2.11. The molecule has 0 spiro atoms. The van der Waals surface area contributed by atoms with Gasteiger partial charge in [0.25, 0.3) is 0 Å². The van der Waals surface area contributed by atoms with E-state index in [0.29, 0.717) is 6.61 Å². The van der Waals surface area contributed by atoms with Crippen LogP contribution in [-0.2, 0) is 11.3 Å². The molecule has 17 heavy (non-hydrogen) atoms. The predicted molar refractivity (Wildman–Crippen MR) is 66.7 cm³/mol. The molecular formula is C14H18O3. The Morgan fingerprint density at radius 1 is 1.35 bits per heavy atom. The summed E-state index contributed by atoms with van der Waals surface area (Å²) in [6.07, 6.45) is 4.60. The fourth-order valence-electron chi connectivity index (χ4n) is 1.27. The summed E-state index contributed by atoms with van der Waals surface area (Å²) in [5.41, 5.74) is 1.03. The van der Waals surface area contributed by atoms with Gasteiger partial charge in [0.1, 0.15) is 5.75 Å². The van der Waals surface area contributed by atoms with Crippen molar-refractivity contribution < 1.29 is 14.6 Å². The first-order valence-electron chi connectivity index (χ1n) is 5.52. The van der Waals surface area contributed by atoms with E-state index in [2.05, 4.69) is 5.92 Å². The summed E-state index contributed by atoms with van der Waals surface area (Å²) < 4.78 is 10.4. The highest BCUT2D eigenvalue weighted by atomic mass is 16.5. The van der Waals surface area contributed by atoms with Gasteiger partial charge in [0.2, 0.25) is 0 Å². The molecule has 0 amide bonds. The molecule has 2 atom stereocenters. The van der Waals surface area contributed by atoms with E-state index in [-0.39, 0.29) is 12.5 Å². The van der Waals surface area contributed by atoms with Gasteiger partial charge in [0.05, 0.1) is 26.4 Å². The van der Waals surface area contributed by atoms with Gasteiger partial charge in [-0.2, -0.15) is 0 Å². The third-order valence-corrected chi connectivity index (χ3v) is 2.56. The van der Waals surface area contributed by atoms with Crippen LogP contribution in [0.4, 0.5) is 0 Å². The van der Waals surface area contributed by atoms with Gasteiger partial charge in [-0.15, -0.1) is 12.3 Å². The van der Waals surface area contributed by atoms with Crippen LogP contribution in [0.2, 0.25) is 0 Å². The molecule has 0 aliphatic heterocycles. The van der Waals surface area contributed by atoms with E-state index in [1.807, 2.05) is 24.3 Å². The largest absolute Gasteiger partial charge is 0.497 e. The van der Waals surface area contributed by atoms with Crippen molar-refractivity contribution in [1.82, 2.24) is 0 Å². The van der Waals surface area contributed by atoms with Gasteiger partial charge in [-0.1, -0.05) is 12.1 Å². The zero-order valence-electron chi connectivity index (χ0n) is 10.2. The number of aliphatic hydroxyl groups excluding tert-OH is 1. The summed E-state index contributed by atoms with van der Waals surface area (Å²) in [6, 6.07) is 7.60. The molecule has 1 N–H and O–H groups in total. The minimum atomic E-state index is -0.613. The van der Waals surface area contributed by atoms with Crippen LogP contribution in [0.15, 0.2) is 24.3 Å². The maximum Gasteiger partial charge on any atom is 0.118 e. The van der Waals surface area contributed by atoms with Crippen LogP contribution < -0.4 is 4.74 Å². The van der Waals surface area contributed by atoms with Gasteiger partial charge in [-0.25, -0.2) is 0 Å². The molecule has 0 radical (unpaired) electrons. The minimum absolute atomic E-state index is 0.189. The van der Waals surface area contributed by atoms with Crippen LogP contribution in [0.1, 0.15) is 12.5 Å². The van der Waals surface area contributed by atoms with Crippen LogP contribution in [-0.4, -0.2) is 24.9 Å². The molecule has 0 heterocycles. The molecule has 0 aliphatic rings. The first-order chi connectivity index (χ1) is 8.17. The molecule has 0 bridgehead atoms. The molecule has 0 unspecified atom stereocenters. The summed E-state index contributed by atoms with van der Waals surface area (Å²) in [6.45, 7) is 2.50. The smallest absolute Gasteiger partial charge is 0.118 e. The Morgan fingerprint density at radius 3 is 2.53 bits per heavy atom. The number of methoxy groups -OCH3 is 1. The molecule has 92 valence electrons. The van der Waals surface area contributed by atoms with Crippen molar-refractivity contribution in [2.24, 2.45) is 5.92 Å². The second kappa shape index (κ2) is 6.95. The van der Waals surface area contributed by atoms with Gasteiger partial charge in [0, 0.05) is 5.92 Å². The average Bonchev–Trinajstić information content (AvgIpc) is 2.38. The maximum absolute atomic E-state index is 9.59. The van der Waals surface area contributed by atoms with E-state index in [1.165, 1.54) is 0 Å². The molecule has 0 saturated heterocycles. The molecule has 0 saturated carbocycles. The van der Waals surface area contributed by atoms with Crippen molar-refractivity contribution in [2.75, 3.05) is 13.7 Å². The number of benzene rings is 1. The lowest BCUT2D eigenvalue weighted by Gasteiger charge is -2.13. The number of hydrogen-bond acceptors (Lipinski definition) is 3. The lowest BCUT2D eigenvalue weighted by molar-refractivity contribution is 0.0135. The number of aliphatic hydroxyl groups is 1. The quantitative estimate of drug-likeness (QED) is 0.763. The van der Waals surface area contributed by atoms with E-state index < -0.39 is 6.10 Å². The zero-order valence-corrected chi connectivity index (χ0v) is 10.2. The molecule has 1 rings (SSSR count). The summed E-state index contributed by atoms with van der Waals surface area (Å²) in [4.78, 5) is 0. The van der Waals surface area contributed by atoms with Gasteiger partial charge in [0.15, 0.2) is 0 Å². The highest BCUT2D eigenvalue weighted by molar-refractivity contribution is 5.26. The first-order valence-corrected chi connectivity index (χ1v) is 5.52. The third-order valence-electron chi connectivity index (χ3n) is 2.56. The second-order valence-corrected chi connectivity index (χ2v) is 3.89. The fraction of sp³-hybridized carbons (Fsp3) is 0.429. The Morgan fingerprint density at radius 2 is 2.00 bits per heavy atom. The van der Waals surface area contributed by atoms with Crippen LogP contribution in [0.25, 0.3) is 0 Å². The van der Waals surface area contributed by atoms with Crippen molar-refractivity contribution in [3.05, 3.63) is 29.8 Å². The monoisotopic (exact) mass is 234 g/mol. The normalized spacial score (nSPS) is 13.8. The predicted octanol–water partition coefficient (Wildman–Crippen LogP) is 1.84. The van der Waals surface area contributed by atoms with Crippen LogP contribution in [0.5, 0.6) is 5.75 Å². The maximum atomic E-state index is 9.59. The second-order valence-electron chi connectivity index (χ2n) is 3.89. The Hall–Kier alpha value is -1.50. The van der Waals surface area contributed by atoms with Crippen molar-refractivity contribution in [3.8, 4) is 18.1 Å². The average molecular weight is 234 g/mol. The van der Waals surface area contributed by atoms with Crippen LogP contribution >= 0.6 is 0 Å². The topological polar surface area (TPSA) is 38.7 Å². The van der Waals surface area contributed by atoms with E-state index in [1.54, 1.807) is 14.0 Å². The van der Waals surface area contributed by atoms with Crippen molar-refractivity contribution in [2.45, 2.75) is 19.6 Å². The lowest BCUT2D eigenvalue weighted by Crippen LogP contribution is -2.22. The third kappa shape index (κ3) is 4.48. The molecule has 1 aromatic rings. The zero-order chi connectivity index (χ0) is 12.7. The Kier molecular flexibility index (Phi) is 5.55. The molecular weight excluding hydrogens is 216 g/mol. The minimum Gasteiger partial charge on any atom is -0.497 e. The summed E-state index contributed by atoms with van der Waals surface area (Å²) in [7, 11) is 1.63. The van der Waals surface area contributed by atoms with Gasteiger partial charge in [-0.3, -0.25) is 0 Å². The molecule has 1 aromatic carbocycles. The molecule has 0 aliphatic carbocycles. The SMILES string of the molecule is C#C[C@H](C)[C@@H](O)COCc1ccc(OC)cc1. The van der Waals surface area contributed by atoms with E-state index in [4.69, 9.17) is 15.9 Å². The number of rotatable bonds is 6. The molecule has 0 fully saturated rings. The number of terminal acetylenes is 1. The van der Waals surface area contributed by atoms with Crippen LogP contribution in [0.3, 0.4) is 0 Å². The van der Waals surface area contributed by atoms with Gasteiger partial charge >= 0.3 is 0 Å². The van der Waals surface area contributed by atoms with Crippen molar-refractivity contribution in [3.63, 3.8) is 0 Å². The summed E-state index contributed by atoms with van der Waals surface area (Å²) >= 11 is 0.